The van der Waals surface area contributed by atoms with Gasteiger partial charge in [-0.1, -0.05) is 45.0 Å². The summed E-state index contributed by atoms with van der Waals surface area (Å²) in [5, 5.41) is 10.8. The van der Waals surface area contributed by atoms with Gasteiger partial charge < -0.3 is 9.52 Å². The molecule has 1 N–H and O–H groups in total. The monoisotopic (exact) mass is 390 g/mol. The first-order chi connectivity index (χ1) is 13.3. The molecule has 0 radical (unpaired) electrons. The van der Waals surface area contributed by atoms with Gasteiger partial charge in [0.15, 0.2) is 5.43 Å². The maximum absolute atomic E-state index is 11.9. The summed E-state index contributed by atoms with van der Waals surface area (Å²) in [5.74, 6) is 1.54. The second-order valence-electron chi connectivity index (χ2n) is 7.87. The van der Waals surface area contributed by atoms with E-state index in [0.29, 0.717) is 11.3 Å². The van der Waals surface area contributed by atoms with Crippen molar-refractivity contribution in [2.24, 2.45) is 0 Å². The van der Waals surface area contributed by atoms with Crippen LogP contribution in [0.1, 0.15) is 26.3 Å². The molecule has 0 unspecified atom stereocenters. The molecule has 0 atom stereocenters. The van der Waals surface area contributed by atoms with E-state index >= 15 is 0 Å². The van der Waals surface area contributed by atoms with E-state index in [1.165, 1.54) is 11.6 Å². The molecular weight excluding hydrogens is 368 g/mol. The molecule has 3 nitrogen and oxygen atoms in total. The standard InChI is InChI=1S/C24H22O3S/c1-24(2,3)28-14-15-6-4-5-7-18(15)23-19-10-8-16(25)12-21(19)27-22-13-17(26)9-11-20(22)23/h4-13,25H,14H2,1-3H3. The zero-order chi connectivity index (χ0) is 19.9. The smallest absolute Gasteiger partial charge is 0.182 e. The fraction of sp³-hybridized carbons (Fsp3) is 0.208. The van der Waals surface area contributed by atoms with Gasteiger partial charge >= 0.3 is 0 Å². The molecule has 28 heavy (non-hydrogen) atoms. The van der Waals surface area contributed by atoms with Gasteiger partial charge in [-0.3, -0.25) is 4.79 Å². The predicted octanol–water partition coefficient (Wildman–Crippen LogP) is 6.30. The van der Waals surface area contributed by atoms with Crippen LogP contribution in [-0.2, 0) is 5.75 Å². The zero-order valence-electron chi connectivity index (χ0n) is 16.2. The molecule has 0 bridgehead atoms. The van der Waals surface area contributed by atoms with Crippen molar-refractivity contribution in [1.29, 1.82) is 0 Å². The maximum atomic E-state index is 11.9. The quantitative estimate of drug-likeness (QED) is 0.417. The minimum atomic E-state index is -0.0988. The fourth-order valence-corrected chi connectivity index (χ4v) is 4.17. The first-order valence-corrected chi connectivity index (χ1v) is 10.2. The molecule has 0 fully saturated rings. The number of benzene rings is 3. The molecule has 2 aromatic carbocycles. The molecule has 0 spiro atoms. The SMILES string of the molecule is CC(C)(C)SCc1ccccc1-c1c2ccc(=O)cc-2oc2cc(O)ccc12. The molecule has 1 aliphatic heterocycles. The van der Waals surface area contributed by atoms with E-state index in [2.05, 4.69) is 39.0 Å². The van der Waals surface area contributed by atoms with Crippen LogP contribution >= 0.6 is 11.8 Å². The molecule has 2 aliphatic rings. The van der Waals surface area contributed by atoms with E-state index in [9.17, 15) is 9.90 Å². The number of phenolic OH excluding ortho intramolecular Hbond substituents is 1. The van der Waals surface area contributed by atoms with Crippen LogP contribution in [0.2, 0.25) is 0 Å². The first-order valence-electron chi connectivity index (χ1n) is 9.24. The molecule has 1 aliphatic carbocycles. The minimum Gasteiger partial charge on any atom is -0.508 e. The van der Waals surface area contributed by atoms with E-state index in [4.69, 9.17) is 4.42 Å². The third kappa shape index (κ3) is 3.65. The summed E-state index contributed by atoms with van der Waals surface area (Å²) in [6, 6.07) is 18.4. The Hall–Kier alpha value is -2.72. The van der Waals surface area contributed by atoms with Gasteiger partial charge in [0.2, 0.25) is 0 Å². The largest absolute Gasteiger partial charge is 0.508 e. The molecule has 0 saturated carbocycles. The summed E-state index contributed by atoms with van der Waals surface area (Å²) in [5.41, 5.74) is 4.74. The average Bonchev–Trinajstić information content (AvgIpc) is 2.64. The molecule has 0 aromatic heterocycles. The summed E-state index contributed by atoms with van der Waals surface area (Å²) >= 11 is 1.90. The lowest BCUT2D eigenvalue weighted by molar-refractivity contribution is 0.474. The van der Waals surface area contributed by atoms with Crippen molar-refractivity contribution < 1.29 is 9.52 Å². The number of rotatable bonds is 3. The zero-order valence-corrected chi connectivity index (χ0v) is 17.0. The van der Waals surface area contributed by atoms with Gasteiger partial charge in [0.25, 0.3) is 0 Å². The van der Waals surface area contributed by atoms with Gasteiger partial charge in [-0.15, -0.1) is 0 Å². The van der Waals surface area contributed by atoms with Crippen LogP contribution in [0.4, 0.5) is 0 Å². The summed E-state index contributed by atoms with van der Waals surface area (Å²) in [4.78, 5) is 11.9. The molecule has 4 rings (SSSR count). The third-order valence-electron chi connectivity index (χ3n) is 4.62. The van der Waals surface area contributed by atoms with Gasteiger partial charge in [0.05, 0.1) is 0 Å². The van der Waals surface area contributed by atoms with Crippen LogP contribution in [0.15, 0.2) is 69.9 Å². The number of phenols is 1. The van der Waals surface area contributed by atoms with Gasteiger partial charge in [0, 0.05) is 39.1 Å². The Kier molecular flexibility index (Phi) is 4.68. The van der Waals surface area contributed by atoms with Crippen molar-refractivity contribution in [3.63, 3.8) is 0 Å². The van der Waals surface area contributed by atoms with Crippen LogP contribution < -0.4 is 5.43 Å². The molecule has 0 amide bonds. The van der Waals surface area contributed by atoms with Crippen molar-refractivity contribution >= 4 is 22.7 Å². The Balaban J connectivity index is 2.02. The van der Waals surface area contributed by atoms with Gasteiger partial charge in [-0.2, -0.15) is 11.8 Å². The highest BCUT2D eigenvalue weighted by Gasteiger charge is 2.20. The van der Waals surface area contributed by atoms with E-state index in [0.717, 1.165) is 27.8 Å². The molecule has 2 aromatic rings. The highest BCUT2D eigenvalue weighted by atomic mass is 32.2. The van der Waals surface area contributed by atoms with E-state index in [1.807, 2.05) is 30.0 Å². The lowest BCUT2D eigenvalue weighted by Crippen LogP contribution is -2.08. The summed E-state index contributed by atoms with van der Waals surface area (Å²) in [7, 11) is 0. The van der Waals surface area contributed by atoms with Crippen molar-refractivity contribution in [3.05, 3.63) is 76.5 Å². The average molecular weight is 391 g/mol. The van der Waals surface area contributed by atoms with E-state index in [1.54, 1.807) is 18.2 Å². The van der Waals surface area contributed by atoms with Crippen molar-refractivity contribution in [1.82, 2.24) is 0 Å². The Morgan fingerprint density at radius 3 is 2.54 bits per heavy atom. The van der Waals surface area contributed by atoms with Crippen molar-refractivity contribution in [2.75, 3.05) is 0 Å². The van der Waals surface area contributed by atoms with Gasteiger partial charge in [0.1, 0.15) is 17.1 Å². The summed E-state index contributed by atoms with van der Waals surface area (Å²) < 4.78 is 6.12. The third-order valence-corrected chi connectivity index (χ3v) is 5.95. The topological polar surface area (TPSA) is 50.4 Å². The normalized spacial score (nSPS) is 12.0. The van der Waals surface area contributed by atoms with E-state index in [-0.39, 0.29) is 15.9 Å². The number of aromatic hydroxyl groups is 1. The van der Waals surface area contributed by atoms with Crippen LogP contribution in [-0.4, -0.2) is 9.85 Å². The molecule has 142 valence electrons. The molecule has 4 heteroatoms. The molecule has 0 saturated heterocycles. The Morgan fingerprint density at radius 1 is 0.964 bits per heavy atom. The molecular formula is C24H22O3S. The predicted molar refractivity (Wildman–Crippen MR) is 117 cm³/mol. The Morgan fingerprint density at radius 2 is 1.75 bits per heavy atom. The highest BCUT2D eigenvalue weighted by molar-refractivity contribution is 7.99. The molecule has 1 heterocycles. The maximum Gasteiger partial charge on any atom is 0.182 e. The number of fused-ring (bicyclic) bond motifs is 2. The van der Waals surface area contributed by atoms with Crippen molar-refractivity contribution in [3.8, 4) is 28.2 Å². The van der Waals surface area contributed by atoms with Crippen LogP contribution in [0.25, 0.3) is 33.4 Å². The first kappa shape index (κ1) is 18.6. The second-order valence-corrected chi connectivity index (χ2v) is 9.68. The summed E-state index contributed by atoms with van der Waals surface area (Å²) in [6.45, 7) is 6.64. The van der Waals surface area contributed by atoms with Gasteiger partial charge in [-0.25, -0.2) is 0 Å². The highest BCUT2D eigenvalue weighted by Crippen LogP contribution is 2.43. The number of hydrogen-bond acceptors (Lipinski definition) is 4. The Bertz CT molecular complexity index is 1180. The number of thioether (sulfide) groups is 1. The van der Waals surface area contributed by atoms with Gasteiger partial charge in [-0.05, 0) is 35.4 Å². The van der Waals surface area contributed by atoms with Crippen LogP contribution in [0.5, 0.6) is 5.75 Å². The Labute approximate surface area is 168 Å². The second kappa shape index (κ2) is 7.02. The van der Waals surface area contributed by atoms with E-state index < -0.39 is 0 Å². The van der Waals surface area contributed by atoms with Crippen LogP contribution in [0.3, 0.4) is 0 Å². The van der Waals surface area contributed by atoms with Crippen LogP contribution in [0, 0.1) is 0 Å². The lowest BCUT2D eigenvalue weighted by atomic mass is 9.91. The minimum absolute atomic E-state index is 0.0988. The lowest BCUT2D eigenvalue weighted by Gasteiger charge is -2.21. The summed E-state index contributed by atoms with van der Waals surface area (Å²) in [6.07, 6.45) is 0. The van der Waals surface area contributed by atoms with Crippen molar-refractivity contribution in [2.45, 2.75) is 31.3 Å². The fourth-order valence-electron chi connectivity index (χ4n) is 3.33. The number of hydrogen-bond donors (Lipinski definition) is 1.